The van der Waals surface area contributed by atoms with E-state index in [4.69, 9.17) is 0 Å². The van der Waals surface area contributed by atoms with Crippen molar-refractivity contribution in [3.8, 4) is 0 Å². The molecule has 8 nitrogen and oxygen atoms in total. The number of piperidine rings is 1. The van der Waals surface area contributed by atoms with Gasteiger partial charge in [-0.05, 0) is 45.6 Å². The summed E-state index contributed by atoms with van der Waals surface area (Å²) in [6, 6.07) is 3.84. The molecule has 0 unspecified atom stereocenters. The second kappa shape index (κ2) is 7.93. The third-order valence-electron chi connectivity index (χ3n) is 5.17. The molecule has 0 aliphatic carbocycles. The van der Waals surface area contributed by atoms with Gasteiger partial charge in [0.05, 0.1) is 9.82 Å². The van der Waals surface area contributed by atoms with Crippen molar-refractivity contribution in [3.63, 3.8) is 0 Å². The Labute approximate surface area is 160 Å². The normalized spacial score (nSPS) is 16.9. The monoisotopic (exact) mass is 397 g/mol. The zero-order valence-corrected chi connectivity index (χ0v) is 17.0. The van der Waals surface area contributed by atoms with Crippen LogP contribution in [0.25, 0.3) is 0 Å². The predicted molar refractivity (Wildman–Crippen MR) is 102 cm³/mol. The van der Waals surface area contributed by atoms with Crippen molar-refractivity contribution in [1.29, 1.82) is 0 Å². The second-order valence-electron chi connectivity index (χ2n) is 7.61. The fraction of sp³-hybridized carbons (Fsp3) is 0.611. The Kier molecular flexibility index (Phi) is 6.26. The van der Waals surface area contributed by atoms with Gasteiger partial charge >= 0.3 is 0 Å². The summed E-state index contributed by atoms with van der Waals surface area (Å²) in [5.74, 6) is -0.279. The van der Waals surface area contributed by atoms with Crippen LogP contribution in [-0.4, -0.2) is 42.2 Å². The van der Waals surface area contributed by atoms with Crippen LogP contribution in [0, 0.1) is 23.0 Å². The van der Waals surface area contributed by atoms with Crippen LogP contribution < -0.4 is 5.32 Å². The molecule has 1 amide bonds. The Hall–Kier alpha value is -2.00. The summed E-state index contributed by atoms with van der Waals surface area (Å²) < 4.78 is 27.2. The molecule has 150 valence electrons. The van der Waals surface area contributed by atoms with Gasteiger partial charge in [-0.1, -0.05) is 13.0 Å². The number of nitro benzene ring substituents is 1. The summed E-state index contributed by atoms with van der Waals surface area (Å²) in [7, 11) is -3.84. The maximum Gasteiger partial charge on any atom is 0.270 e. The van der Waals surface area contributed by atoms with Gasteiger partial charge in [0.2, 0.25) is 15.9 Å². The molecule has 1 saturated heterocycles. The third-order valence-corrected chi connectivity index (χ3v) is 7.21. The molecule has 9 heteroatoms. The smallest absolute Gasteiger partial charge is 0.270 e. The van der Waals surface area contributed by atoms with Gasteiger partial charge in [0.25, 0.3) is 5.69 Å². The standard InChI is InChI=1S/C18H27N3O5S/c1-5-18(3,4)19-17(22)14-8-10-20(11-9-14)27(25,26)16-12-15(21(23)24)7-6-13(16)2/h6-7,12,14H,5,8-11H2,1-4H3,(H,19,22). The largest absolute Gasteiger partial charge is 0.351 e. The van der Waals surface area contributed by atoms with E-state index in [0.717, 1.165) is 12.5 Å². The summed E-state index contributed by atoms with van der Waals surface area (Å²) in [5, 5.41) is 14.0. The molecule has 1 N–H and O–H groups in total. The zero-order chi connectivity index (χ0) is 20.4. The summed E-state index contributed by atoms with van der Waals surface area (Å²) in [5.41, 5.74) is -0.0826. The van der Waals surface area contributed by atoms with Crippen molar-refractivity contribution in [2.24, 2.45) is 5.92 Å². The van der Waals surface area contributed by atoms with E-state index in [1.165, 1.54) is 16.4 Å². The molecule has 1 aliphatic heterocycles. The molecular weight excluding hydrogens is 370 g/mol. The van der Waals surface area contributed by atoms with Gasteiger partial charge in [0.15, 0.2) is 0 Å². The first kappa shape index (κ1) is 21.3. The van der Waals surface area contributed by atoms with Gasteiger partial charge < -0.3 is 5.32 Å². The van der Waals surface area contributed by atoms with Crippen LogP contribution in [0.2, 0.25) is 0 Å². The lowest BCUT2D eigenvalue weighted by Gasteiger charge is -2.33. The molecule has 1 fully saturated rings. The van der Waals surface area contributed by atoms with E-state index in [2.05, 4.69) is 5.32 Å². The highest BCUT2D eigenvalue weighted by Gasteiger charge is 2.34. The Balaban J connectivity index is 2.12. The maximum atomic E-state index is 12.9. The molecular formula is C18H27N3O5S. The number of carbonyl (C=O) groups excluding carboxylic acids is 1. The molecule has 1 aromatic rings. The van der Waals surface area contributed by atoms with Crippen LogP contribution in [0.1, 0.15) is 45.6 Å². The Morgan fingerprint density at radius 2 is 1.93 bits per heavy atom. The minimum Gasteiger partial charge on any atom is -0.351 e. The number of hydrogen-bond acceptors (Lipinski definition) is 5. The fourth-order valence-corrected chi connectivity index (χ4v) is 4.72. The van der Waals surface area contributed by atoms with Gasteiger partial charge in [-0.2, -0.15) is 4.31 Å². The van der Waals surface area contributed by atoms with Crippen molar-refractivity contribution in [2.75, 3.05) is 13.1 Å². The Bertz CT molecular complexity index is 827. The molecule has 0 aromatic heterocycles. The number of carbonyl (C=O) groups is 1. The number of rotatable bonds is 6. The van der Waals surface area contributed by atoms with E-state index in [1.54, 1.807) is 6.92 Å². The molecule has 27 heavy (non-hydrogen) atoms. The zero-order valence-electron chi connectivity index (χ0n) is 16.2. The van der Waals surface area contributed by atoms with Crippen molar-refractivity contribution >= 4 is 21.6 Å². The number of hydrogen-bond donors (Lipinski definition) is 1. The number of benzene rings is 1. The molecule has 1 heterocycles. The van der Waals surface area contributed by atoms with Crippen LogP contribution in [0.3, 0.4) is 0 Å². The van der Waals surface area contributed by atoms with E-state index in [0.29, 0.717) is 18.4 Å². The van der Waals surface area contributed by atoms with Crippen LogP contribution in [0.4, 0.5) is 5.69 Å². The van der Waals surface area contributed by atoms with Gasteiger partial charge in [-0.15, -0.1) is 0 Å². The van der Waals surface area contributed by atoms with E-state index in [1.807, 2.05) is 20.8 Å². The molecule has 0 atom stereocenters. The first-order chi connectivity index (χ1) is 12.5. The number of sulfonamides is 1. The number of amides is 1. The van der Waals surface area contributed by atoms with Crippen molar-refractivity contribution in [2.45, 2.75) is 57.4 Å². The summed E-state index contributed by atoms with van der Waals surface area (Å²) >= 11 is 0. The Morgan fingerprint density at radius 1 is 1.33 bits per heavy atom. The highest BCUT2D eigenvalue weighted by atomic mass is 32.2. The average Bonchev–Trinajstić information content (AvgIpc) is 2.61. The molecule has 1 aromatic carbocycles. The lowest BCUT2D eigenvalue weighted by atomic mass is 9.94. The van der Waals surface area contributed by atoms with Crippen molar-refractivity contribution < 1.29 is 18.1 Å². The van der Waals surface area contributed by atoms with E-state index in [9.17, 15) is 23.3 Å². The summed E-state index contributed by atoms with van der Waals surface area (Å²) in [6.07, 6.45) is 1.66. The summed E-state index contributed by atoms with van der Waals surface area (Å²) in [6.45, 7) is 7.95. The van der Waals surface area contributed by atoms with E-state index < -0.39 is 14.9 Å². The van der Waals surface area contributed by atoms with Crippen LogP contribution in [-0.2, 0) is 14.8 Å². The van der Waals surface area contributed by atoms with Crippen LogP contribution in [0.5, 0.6) is 0 Å². The minimum absolute atomic E-state index is 0.0493. The molecule has 0 radical (unpaired) electrons. The maximum absolute atomic E-state index is 12.9. The first-order valence-corrected chi connectivity index (χ1v) is 10.5. The average molecular weight is 397 g/mol. The van der Waals surface area contributed by atoms with Gasteiger partial charge in [0, 0.05) is 36.7 Å². The number of aryl methyl sites for hydroxylation is 1. The van der Waals surface area contributed by atoms with Crippen LogP contribution in [0.15, 0.2) is 23.1 Å². The van der Waals surface area contributed by atoms with Gasteiger partial charge in [-0.25, -0.2) is 8.42 Å². The third kappa shape index (κ3) is 4.84. The highest BCUT2D eigenvalue weighted by molar-refractivity contribution is 7.89. The number of non-ortho nitro benzene ring substituents is 1. The van der Waals surface area contributed by atoms with Gasteiger partial charge in [-0.3, -0.25) is 14.9 Å². The fourth-order valence-electron chi connectivity index (χ4n) is 3.00. The predicted octanol–water partition coefficient (Wildman–Crippen LogP) is 2.61. The lowest BCUT2D eigenvalue weighted by molar-refractivity contribution is -0.385. The van der Waals surface area contributed by atoms with Crippen molar-refractivity contribution in [3.05, 3.63) is 33.9 Å². The molecule has 2 rings (SSSR count). The molecule has 0 bridgehead atoms. The molecule has 0 saturated carbocycles. The highest BCUT2D eigenvalue weighted by Crippen LogP contribution is 2.28. The number of nitro groups is 1. The Morgan fingerprint density at radius 3 is 2.44 bits per heavy atom. The van der Waals surface area contributed by atoms with E-state index in [-0.39, 0.29) is 41.0 Å². The SMILES string of the molecule is CCC(C)(C)NC(=O)C1CCN(S(=O)(=O)c2cc([N+](=O)[O-])ccc2C)CC1. The number of nitrogens with zero attached hydrogens (tertiary/aromatic N) is 2. The van der Waals surface area contributed by atoms with E-state index >= 15 is 0 Å². The summed E-state index contributed by atoms with van der Waals surface area (Å²) in [4.78, 5) is 22.7. The van der Waals surface area contributed by atoms with Crippen molar-refractivity contribution in [1.82, 2.24) is 9.62 Å². The second-order valence-corrected chi connectivity index (χ2v) is 9.52. The minimum atomic E-state index is -3.84. The molecule has 0 spiro atoms. The van der Waals surface area contributed by atoms with Gasteiger partial charge in [0.1, 0.15) is 0 Å². The number of nitrogens with one attached hydrogen (secondary N) is 1. The van der Waals surface area contributed by atoms with Crippen LogP contribution >= 0.6 is 0 Å². The lowest BCUT2D eigenvalue weighted by Crippen LogP contribution is -2.48. The molecule has 1 aliphatic rings. The topological polar surface area (TPSA) is 110 Å². The first-order valence-electron chi connectivity index (χ1n) is 9.05. The quantitative estimate of drug-likeness (QED) is 0.586.